The minimum absolute atomic E-state index is 0.0954. The Labute approximate surface area is 106 Å². The molecule has 88 valence electrons. The van der Waals surface area contributed by atoms with Crippen molar-refractivity contribution < 1.29 is 9.66 Å². The number of thiazole rings is 1. The zero-order valence-corrected chi connectivity index (χ0v) is 10.3. The molecule has 0 saturated carbocycles. The molecular weight excluding hydrogens is 264 g/mol. The predicted molar refractivity (Wildman–Crippen MR) is 65.0 cm³/mol. The predicted octanol–water partition coefficient (Wildman–Crippen LogP) is 3.81. The third-order valence-electron chi connectivity index (χ3n) is 1.96. The lowest BCUT2D eigenvalue weighted by Gasteiger charge is -2.03. The van der Waals surface area contributed by atoms with E-state index in [1.54, 1.807) is 17.5 Å². The first-order valence-electron chi connectivity index (χ1n) is 4.60. The molecule has 0 saturated heterocycles. The summed E-state index contributed by atoms with van der Waals surface area (Å²) in [5.41, 5.74) is 0.773. The largest absolute Gasteiger partial charge is 0.423 e. The number of halogens is 1. The van der Waals surface area contributed by atoms with Crippen LogP contribution < -0.4 is 4.74 Å². The lowest BCUT2D eigenvalue weighted by atomic mass is 10.2. The normalized spacial score (nSPS) is 10.2. The summed E-state index contributed by atoms with van der Waals surface area (Å²) >= 11 is 6.83. The van der Waals surface area contributed by atoms with Gasteiger partial charge in [-0.15, -0.1) is 0 Å². The Balaban J connectivity index is 2.37. The van der Waals surface area contributed by atoms with Gasteiger partial charge in [0.15, 0.2) is 0 Å². The van der Waals surface area contributed by atoms with Crippen molar-refractivity contribution in [2.24, 2.45) is 0 Å². The molecule has 0 bridgehead atoms. The topological polar surface area (TPSA) is 65.3 Å². The van der Waals surface area contributed by atoms with Crippen molar-refractivity contribution in [3.05, 3.63) is 44.4 Å². The summed E-state index contributed by atoms with van der Waals surface area (Å²) in [6.07, 6.45) is 0. The highest BCUT2D eigenvalue weighted by molar-refractivity contribution is 7.11. The van der Waals surface area contributed by atoms with Crippen LogP contribution in [-0.4, -0.2) is 9.91 Å². The molecule has 0 spiro atoms. The van der Waals surface area contributed by atoms with Crippen molar-refractivity contribution in [3.63, 3.8) is 0 Å². The zero-order chi connectivity index (χ0) is 12.4. The number of hydrogen-bond donors (Lipinski definition) is 0. The summed E-state index contributed by atoms with van der Waals surface area (Å²) in [4.78, 5) is 14.2. The molecule has 0 aliphatic carbocycles. The maximum atomic E-state index is 10.8. The number of nitro groups is 1. The summed E-state index contributed by atoms with van der Waals surface area (Å²) in [5, 5.41) is 13.0. The van der Waals surface area contributed by atoms with Gasteiger partial charge in [0.2, 0.25) is 5.75 Å². The maximum absolute atomic E-state index is 10.8. The van der Waals surface area contributed by atoms with E-state index in [2.05, 4.69) is 4.98 Å². The van der Waals surface area contributed by atoms with Gasteiger partial charge in [0.05, 0.1) is 4.92 Å². The van der Waals surface area contributed by atoms with Crippen molar-refractivity contribution in [3.8, 4) is 10.9 Å². The maximum Gasteiger partial charge on any atom is 0.311 e. The fraction of sp³-hybridized carbons (Fsp3) is 0.100. The van der Waals surface area contributed by atoms with Crippen molar-refractivity contribution in [2.75, 3.05) is 0 Å². The van der Waals surface area contributed by atoms with Gasteiger partial charge in [-0.2, -0.15) is 4.98 Å². The van der Waals surface area contributed by atoms with E-state index in [0.717, 1.165) is 5.56 Å². The fourth-order valence-corrected chi connectivity index (χ4v) is 2.03. The summed E-state index contributed by atoms with van der Waals surface area (Å²) in [5.74, 6) is 0.168. The SMILES string of the molecule is Cc1ccc([N+](=O)[O-])c(Oc2nc(Cl)cs2)c1. The molecule has 0 aliphatic rings. The van der Waals surface area contributed by atoms with Crippen LogP contribution in [0.3, 0.4) is 0 Å². The number of nitro benzene ring substituents is 1. The fourth-order valence-electron chi connectivity index (χ4n) is 1.23. The molecule has 0 aliphatic heterocycles. The molecule has 0 radical (unpaired) electrons. The molecule has 7 heteroatoms. The van der Waals surface area contributed by atoms with Gasteiger partial charge in [-0.3, -0.25) is 10.1 Å². The van der Waals surface area contributed by atoms with Crippen LogP contribution >= 0.6 is 22.9 Å². The van der Waals surface area contributed by atoms with Gasteiger partial charge >= 0.3 is 5.69 Å². The third kappa shape index (κ3) is 2.72. The number of hydrogen-bond acceptors (Lipinski definition) is 5. The molecular formula is C10H7ClN2O3S. The summed E-state index contributed by atoms with van der Waals surface area (Å²) in [7, 11) is 0. The average Bonchev–Trinajstić information content (AvgIpc) is 2.63. The van der Waals surface area contributed by atoms with Gasteiger partial charge in [-0.05, 0) is 18.6 Å². The minimum Gasteiger partial charge on any atom is -0.423 e. The van der Waals surface area contributed by atoms with Crippen LogP contribution in [0.25, 0.3) is 0 Å². The molecule has 0 atom stereocenters. The molecule has 1 aromatic carbocycles. The van der Waals surface area contributed by atoms with E-state index >= 15 is 0 Å². The molecule has 0 amide bonds. The second-order valence-electron chi connectivity index (χ2n) is 3.27. The Morgan fingerprint density at radius 2 is 2.29 bits per heavy atom. The Kier molecular flexibility index (Phi) is 3.26. The van der Waals surface area contributed by atoms with Gasteiger partial charge in [-0.1, -0.05) is 29.0 Å². The molecule has 2 rings (SSSR count). The second kappa shape index (κ2) is 4.68. The van der Waals surface area contributed by atoms with Gasteiger partial charge in [0, 0.05) is 11.4 Å². The smallest absolute Gasteiger partial charge is 0.311 e. The van der Waals surface area contributed by atoms with Crippen LogP contribution in [0.2, 0.25) is 5.15 Å². The number of ether oxygens (including phenoxy) is 1. The van der Waals surface area contributed by atoms with Crippen molar-refractivity contribution in [1.29, 1.82) is 0 Å². The van der Waals surface area contributed by atoms with E-state index in [-0.39, 0.29) is 16.6 Å². The molecule has 5 nitrogen and oxygen atoms in total. The first-order valence-corrected chi connectivity index (χ1v) is 5.86. The van der Waals surface area contributed by atoms with E-state index in [1.807, 2.05) is 6.92 Å². The van der Waals surface area contributed by atoms with E-state index in [4.69, 9.17) is 16.3 Å². The second-order valence-corrected chi connectivity index (χ2v) is 4.47. The standard InChI is InChI=1S/C10H7ClN2O3S/c1-6-2-3-7(13(14)15)8(4-6)16-10-12-9(11)5-17-10/h2-5H,1H3. The molecule has 1 aromatic heterocycles. The number of rotatable bonds is 3. The van der Waals surface area contributed by atoms with Gasteiger partial charge < -0.3 is 4.74 Å². The minimum atomic E-state index is -0.496. The first kappa shape index (κ1) is 11.8. The molecule has 1 heterocycles. The van der Waals surface area contributed by atoms with Crippen LogP contribution in [0.5, 0.6) is 10.9 Å². The van der Waals surface area contributed by atoms with Crippen molar-refractivity contribution in [2.45, 2.75) is 6.92 Å². The highest BCUT2D eigenvalue weighted by Crippen LogP contribution is 2.34. The number of nitrogens with zero attached hydrogens (tertiary/aromatic N) is 2. The molecule has 0 fully saturated rings. The van der Waals surface area contributed by atoms with Crippen LogP contribution in [-0.2, 0) is 0 Å². The quantitative estimate of drug-likeness (QED) is 0.628. The summed E-state index contributed by atoms with van der Waals surface area (Å²) in [6, 6.07) is 4.65. The van der Waals surface area contributed by atoms with E-state index in [1.165, 1.54) is 17.4 Å². The third-order valence-corrected chi connectivity index (χ3v) is 3.00. The highest BCUT2D eigenvalue weighted by atomic mass is 35.5. The summed E-state index contributed by atoms with van der Waals surface area (Å²) in [6.45, 7) is 1.82. The van der Waals surface area contributed by atoms with Gasteiger partial charge in [0.25, 0.3) is 5.19 Å². The molecule has 2 aromatic rings. The molecule has 0 unspecified atom stereocenters. The Morgan fingerprint density at radius 1 is 1.53 bits per heavy atom. The van der Waals surface area contributed by atoms with E-state index in [0.29, 0.717) is 5.15 Å². The monoisotopic (exact) mass is 270 g/mol. The average molecular weight is 271 g/mol. The van der Waals surface area contributed by atoms with Gasteiger partial charge in [-0.25, -0.2) is 0 Å². The Bertz CT molecular complexity index is 570. The van der Waals surface area contributed by atoms with Crippen molar-refractivity contribution in [1.82, 2.24) is 4.98 Å². The van der Waals surface area contributed by atoms with Crippen LogP contribution in [0, 0.1) is 17.0 Å². The van der Waals surface area contributed by atoms with E-state index in [9.17, 15) is 10.1 Å². The lowest BCUT2D eigenvalue weighted by Crippen LogP contribution is -1.93. The molecule has 0 N–H and O–H groups in total. The van der Waals surface area contributed by atoms with Gasteiger partial charge in [0.1, 0.15) is 5.15 Å². The first-order chi connectivity index (χ1) is 8.06. The summed E-state index contributed by atoms with van der Waals surface area (Å²) < 4.78 is 5.35. The number of aryl methyl sites for hydroxylation is 1. The zero-order valence-electron chi connectivity index (χ0n) is 8.71. The molecule has 17 heavy (non-hydrogen) atoms. The van der Waals surface area contributed by atoms with Crippen molar-refractivity contribution >= 4 is 28.6 Å². The Morgan fingerprint density at radius 3 is 2.88 bits per heavy atom. The van der Waals surface area contributed by atoms with Crippen LogP contribution in [0.15, 0.2) is 23.6 Å². The highest BCUT2D eigenvalue weighted by Gasteiger charge is 2.16. The lowest BCUT2D eigenvalue weighted by molar-refractivity contribution is -0.385. The number of aromatic nitrogens is 1. The van der Waals surface area contributed by atoms with E-state index < -0.39 is 4.92 Å². The van der Waals surface area contributed by atoms with Crippen LogP contribution in [0.1, 0.15) is 5.56 Å². The van der Waals surface area contributed by atoms with Crippen LogP contribution in [0.4, 0.5) is 5.69 Å². The Hall–Kier alpha value is -1.66. The number of benzene rings is 1.